The molecule has 4 aromatic rings. The molecule has 0 bridgehead atoms. The first-order chi connectivity index (χ1) is 26.0. The number of rotatable bonds is 25. The van der Waals surface area contributed by atoms with E-state index < -0.39 is 0 Å². The van der Waals surface area contributed by atoms with Gasteiger partial charge in [-0.05, 0) is 111 Å². The van der Waals surface area contributed by atoms with E-state index in [0.29, 0.717) is 0 Å². The highest BCUT2D eigenvalue weighted by molar-refractivity contribution is 7.96. The summed E-state index contributed by atoms with van der Waals surface area (Å²) < 4.78 is 7.56. The standard InChI is InChI=1S/C47H62N2S4/c1-7-11-14-17-21-39-32-36(5)50-43(39)30-28-37-24-26-38(27-25-37)29-31-44-40(22-18-15-12-8-2)33-46(51-44)47-41(23-19-16-13-9-3)34-45(52-47)42(20-10-4)35-49-53-48-6/h10,20,24-35,48H,4,7-9,11-19,21-23H2,1-3,5-6H3/b30-28+,31-29+,42-20+,49-35?. The predicted molar refractivity (Wildman–Crippen MR) is 248 cm³/mol. The molecule has 3 heterocycles. The van der Waals surface area contributed by atoms with Crippen LogP contribution in [0.2, 0.25) is 0 Å². The summed E-state index contributed by atoms with van der Waals surface area (Å²) in [6.07, 6.45) is 34.0. The summed E-state index contributed by atoms with van der Waals surface area (Å²) in [5.41, 5.74) is 8.05. The number of benzene rings is 1. The van der Waals surface area contributed by atoms with Crippen LogP contribution in [0.15, 0.2) is 65.6 Å². The van der Waals surface area contributed by atoms with Gasteiger partial charge in [-0.1, -0.05) is 134 Å². The molecule has 3 aromatic heterocycles. The maximum atomic E-state index is 4.51. The van der Waals surface area contributed by atoms with Crippen LogP contribution in [0.5, 0.6) is 0 Å². The lowest BCUT2D eigenvalue weighted by Crippen LogP contribution is -1.88. The summed E-state index contributed by atoms with van der Waals surface area (Å²) in [6.45, 7) is 13.1. The highest BCUT2D eigenvalue weighted by Gasteiger charge is 2.17. The van der Waals surface area contributed by atoms with Gasteiger partial charge in [0.1, 0.15) is 0 Å². The van der Waals surface area contributed by atoms with Crippen LogP contribution >= 0.6 is 46.1 Å². The van der Waals surface area contributed by atoms with E-state index in [2.05, 4.69) is 116 Å². The normalized spacial score (nSPS) is 12.4. The molecule has 0 amide bonds. The van der Waals surface area contributed by atoms with Crippen LogP contribution in [-0.2, 0) is 19.3 Å². The van der Waals surface area contributed by atoms with Crippen molar-refractivity contribution in [2.45, 2.75) is 124 Å². The first kappa shape index (κ1) is 43.0. The fourth-order valence-electron chi connectivity index (χ4n) is 6.52. The Morgan fingerprint density at radius 2 is 1.23 bits per heavy atom. The second-order valence-electron chi connectivity index (χ2n) is 13.9. The summed E-state index contributed by atoms with van der Waals surface area (Å²) in [7, 11) is 1.89. The third-order valence-electron chi connectivity index (χ3n) is 9.45. The van der Waals surface area contributed by atoms with Crippen molar-refractivity contribution in [3.8, 4) is 9.75 Å². The van der Waals surface area contributed by atoms with Crippen molar-refractivity contribution in [1.29, 1.82) is 0 Å². The van der Waals surface area contributed by atoms with Crippen LogP contribution < -0.4 is 4.72 Å². The van der Waals surface area contributed by atoms with E-state index in [-0.39, 0.29) is 0 Å². The van der Waals surface area contributed by atoms with E-state index >= 15 is 0 Å². The van der Waals surface area contributed by atoms with E-state index in [4.69, 9.17) is 0 Å². The van der Waals surface area contributed by atoms with Crippen molar-refractivity contribution < 1.29 is 0 Å². The lowest BCUT2D eigenvalue weighted by molar-refractivity contribution is 0.667. The van der Waals surface area contributed by atoms with E-state index in [0.717, 1.165) is 18.4 Å². The van der Waals surface area contributed by atoms with Gasteiger partial charge in [0.2, 0.25) is 0 Å². The molecular weight excluding hydrogens is 721 g/mol. The predicted octanol–water partition coefficient (Wildman–Crippen LogP) is 16.0. The Morgan fingerprint density at radius 1 is 0.679 bits per heavy atom. The van der Waals surface area contributed by atoms with Crippen LogP contribution in [0.1, 0.15) is 145 Å². The molecule has 6 heteroatoms. The zero-order valence-corrected chi connectivity index (χ0v) is 36.2. The van der Waals surface area contributed by atoms with E-state index in [1.807, 2.05) is 53.3 Å². The summed E-state index contributed by atoms with van der Waals surface area (Å²) in [6, 6.07) is 16.3. The van der Waals surface area contributed by atoms with Crippen molar-refractivity contribution >= 4 is 82.2 Å². The number of thiophene rings is 3. The first-order valence-electron chi connectivity index (χ1n) is 20.0. The minimum absolute atomic E-state index is 1.11. The molecule has 0 aliphatic heterocycles. The lowest BCUT2D eigenvalue weighted by atomic mass is 10.0. The maximum absolute atomic E-state index is 4.51. The van der Waals surface area contributed by atoms with E-state index in [1.165, 1.54) is 153 Å². The molecule has 0 radical (unpaired) electrons. The minimum Gasteiger partial charge on any atom is -0.247 e. The summed E-state index contributed by atoms with van der Waals surface area (Å²) in [4.78, 5) is 8.28. The van der Waals surface area contributed by atoms with Crippen molar-refractivity contribution in [2.75, 3.05) is 7.05 Å². The Labute approximate surface area is 338 Å². The number of nitrogens with one attached hydrogen (secondary N) is 1. The van der Waals surface area contributed by atoms with Gasteiger partial charge >= 0.3 is 0 Å². The quantitative estimate of drug-likeness (QED) is 0.0313. The average molecular weight is 783 g/mol. The number of hydrogen-bond acceptors (Lipinski definition) is 6. The Morgan fingerprint density at radius 3 is 1.77 bits per heavy atom. The molecule has 284 valence electrons. The topological polar surface area (TPSA) is 24.4 Å². The molecule has 1 N–H and O–H groups in total. The van der Waals surface area contributed by atoms with Gasteiger partial charge in [0.05, 0.1) is 12.1 Å². The highest BCUT2D eigenvalue weighted by Crippen LogP contribution is 2.42. The SMILES string of the molecule is C=C/C=C(\C=NSNC)c1cc(CCCCCC)c(-c2cc(CCCCCC)c(/C=C/c3ccc(/C=C/c4sc(C)cc4CCCCCC)cc3)s2)s1. The minimum atomic E-state index is 1.11. The van der Waals surface area contributed by atoms with Gasteiger partial charge in [-0.2, -0.15) is 0 Å². The number of hydrogen-bond donors (Lipinski definition) is 1. The fourth-order valence-corrected chi connectivity index (χ4v) is 10.2. The van der Waals surface area contributed by atoms with Gasteiger partial charge < -0.3 is 0 Å². The molecule has 0 spiro atoms. The van der Waals surface area contributed by atoms with Crippen molar-refractivity contribution in [3.05, 3.63) is 109 Å². The molecule has 2 nitrogen and oxygen atoms in total. The van der Waals surface area contributed by atoms with Crippen molar-refractivity contribution in [3.63, 3.8) is 0 Å². The monoisotopic (exact) mass is 782 g/mol. The molecule has 0 aliphatic rings. The molecule has 0 unspecified atom stereocenters. The molecular formula is C47H62N2S4. The van der Waals surface area contributed by atoms with Gasteiger partial charge in [-0.25, -0.2) is 9.12 Å². The summed E-state index contributed by atoms with van der Waals surface area (Å²) in [5.74, 6) is 0. The Kier molecular flexibility index (Phi) is 20.0. The molecule has 53 heavy (non-hydrogen) atoms. The smallest absolute Gasteiger partial charge is 0.0583 e. The Bertz CT molecular complexity index is 1780. The van der Waals surface area contributed by atoms with E-state index in [9.17, 15) is 0 Å². The third-order valence-corrected chi connectivity index (χ3v) is 13.4. The summed E-state index contributed by atoms with van der Waals surface area (Å²) >= 11 is 7.14. The van der Waals surface area contributed by atoms with Gasteiger partial charge in [0, 0.05) is 41.1 Å². The summed E-state index contributed by atoms with van der Waals surface area (Å²) in [5, 5.41) is 0. The zero-order chi connectivity index (χ0) is 37.7. The van der Waals surface area contributed by atoms with Crippen LogP contribution in [0.25, 0.3) is 39.6 Å². The van der Waals surface area contributed by atoms with Gasteiger partial charge in [0.25, 0.3) is 0 Å². The Hall–Kier alpha value is -2.74. The van der Waals surface area contributed by atoms with Crippen LogP contribution in [0.3, 0.4) is 0 Å². The van der Waals surface area contributed by atoms with Crippen LogP contribution in [-0.4, -0.2) is 13.3 Å². The molecule has 0 fully saturated rings. The molecule has 4 rings (SSSR count). The molecule has 0 saturated carbocycles. The van der Waals surface area contributed by atoms with Gasteiger partial charge in [-0.3, -0.25) is 0 Å². The molecule has 1 aromatic carbocycles. The van der Waals surface area contributed by atoms with Gasteiger partial charge in [0.15, 0.2) is 0 Å². The van der Waals surface area contributed by atoms with Gasteiger partial charge in [-0.15, -0.1) is 34.0 Å². The first-order valence-corrected chi connectivity index (χ1v) is 23.2. The molecule has 0 aliphatic carbocycles. The number of unbranched alkanes of at least 4 members (excludes halogenated alkanes) is 9. The van der Waals surface area contributed by atoms with Crippen molar-refractivity contribution in [1.82, 2.24) is 4.72 Å². The largest absolute Gasteiger partial charge is 0.247 e. The zero-order valence-electron chi connectivity index (χ0n) is 33.0. The number of allylic oxidation sites excluding steroid dienone is 3. The number of aryl methyl sites for hydroxylation is 4. The third kappa shape index (κ3) is 14.4. The highest BCUT2D eigenvalue weighted by atomic mass is 32.2. The maximum Gasteiger partial charge on any atom is 0.0583 e. The molecule has 0 saturated heterocycles. The van der Waals surface area contributed by atoms with Crippen LogP contribution in [0, 0.1) is 6.92 Å². The number of nitrogens with zero attached hydrogens (tertiary/aromatic N) is 1. The fraction of sp³-hybridized carbons (Fsp3) is 0.426. The van der Waals surface area contributed by atoms with Crippen molar-refractivity contribution in [2.24, 2.45) is 4.40 Å². The average Bonchev–Trinajstić information content (AvgIpc) is 3.88. The van der Waals surface area contributed by atoms with Crippen LogP contribution in [0.4, 0.5) is 0 Å². The second-order valence-corrected chi connectivity index (χ2v) is 18.1. The Balaban J connectivity index is 1.58. The second kappa shape index (κ2) is 24.6. The lowest BCUT2D eigenvalue weighted by Gasteiger charge is -2.02. The molecule has 0 atom stereocenters. The van der Waals surface area contributed by atoms with E-state index in [1.54, 1.807) is 0 Å².